The van der Waals surface area contributed by atoms with Crippen molar-refractivity contribution < 1.29 is 9.47 Å². The molecule has 1 unspecified atom stereocenters. The van der Waals surface area contributed by atoms with Gasteiger partial charge in [-0.25, -0.2) is 0 Å². The van der Waals surface area contributed by atoms with E-state index >= 15 is 0 Å². The van der Waals surface area contributed by atoms with E-state index in [1.165, 1.54) is 28.7 Å². The van der Waals surface area contributed by atoms with E-state index in [-0.39, 0.29) is 6.29 Å². The van der Waals surface area contributed by atoms with Crippen molar-refractivity contribution in [1.82, 2.24) is 0 Å². The highest BCUT2D eigenvalue weighted by Gasteiger charge is 2.21. The zero-order chi connectivity index (χ0) is 16.9. The van der Waals surface area contributed by atoms with E-state index < -0.39 is 0 Å². The monoisotopic (exact) mass is 334 g/mol. The Morgan fingerprint density at radius 2 is 1.60 bits per heavy atom. The summed E-state index contributed by atoms with van der Waals surface area (Å²) in [6.45, 7) is 1.45. The van der Waals surface area contributed by atoms with Crippen LogP contribution in [0.3, 0.4) is 0 Å². The molecule has 2 heteroatoms. The highest BCUT2D eigenvalue weighted by atomic mass is 16.7. The molecule has 0 saturated carbocycles. The first-order chi connectivity index (χ1) is 12.4. The van der Waals surface area contributed by atoms with Gasteiger partial charge in [0.25, 0.3) is 0 Å². The first-order valence-corrected chi connectivity index (χ1v) is 9.47. The van der Waals surface area contributed by atoms with E-state index in [1.54, 1.807) is 0 Å². The maximum atomic E-state index is 5.87. The van der Waals surface area contributed by atoms with Gasteiger partial charge in [0.2, 0.25) is 0 Å². The van der Waals surface area contributed by atoms with Crippen molar-refractivity contribution in [1.29, 1.82) is 0 Å². The van der Waals surface area contributed by atoms with E-state index in [0.29, 0.717) is 12.5 Å². The number of aryl methyl sites for hydroxylation is 2. The van der Waals surface area contributed by atoms with Gasteiger partial charge in [-0.2, -0.15) is 0 Å². The van der Waals surface area contributed by atoms with Crippen LogP contribution in [0, 0.1) is 0 Å². The lowest BCUT2D eigenvalue weighted by molar-refractivity contribution is -0.155. The highest BCUT2D eigenvalue weighted by Crippen LogP contribution is 2.35. The average molecular weight is 334 g/mol. The molecule has 130 valence electrons. The number of fused-ring (bicyclic) bond motifs is 2. The summed E-state index contributed by atoms with van der Waals surface area (Å²) in [5.74, 6) is 0.311. The van der Waals surface area contributed by atoms with Crippen molar-refractivity contribution in [3.63, 3.8) is 0 Å². The Hall–Kier alpha value is -1.90. The smallest absolute Gasteiger partial charge is 0.157 e. The summed E-state index contributed by atoms with van der Waals surface area (Å²) < 4.78 is 11.5. The molecule has 2 aromatic rings. The molecular weight excluding hydrogens is 308 g/mol. The predicted molar refractivity (Wildman–Crippen MR) is 101 cm³/mol. The lowest BCUT2D eigenvalue weighted by Crippen LogP contribution is -2.22. The van der Waals surface area contributed by atoms with Crippen LogP contribution in [0.1, 0.15) is 47.4 Å². The Morgan fingerprint density at radius 1 is 0.920 bits per heavy atom. The second-order valence-corrected chi connectivity index (χ2v) is 6.93. The van der Waals surface area contributed by atoms with Crippen LogP contribution < -0.4 is 0 Å². The molecule has 2 aromatic carbocycles. The van der Waals surface area contributed by atoms with E-state index in [2.05, 4.69) is 60.7 Å². The van der Waals surface area contributed by atoms with Crippen LogP contribution in [-0.4, -0.2) is 19.5 Å². The van der Waals surface area contributed by atoms with Gasteiger partial charge in [-0.1, -0.05) is 60.7 Å². The average Bonchev–Trinajstić information content (AvgIpc) is 2.83. The summed E-state index contributed by atoms with van der Waals surface area (Å²) in [4.78, 5) is 0. The third kappa shape index (κ3) is 3.86. The fourth-order valence-corrected chi connectivity index (χ4v) is 3.97. The summed E-state index contributed by atoms with van der Waals surface area (Å²) >= 11 is 0. The van der Waals surface area contributed by atoms with Gasteiger partial charge in [-0.3, -0.25) is 0 Å². The molecular formula is C23H26O2. The molecule has 4 rings (SSSR count). The minimum Gasteiger partial charge on any atom is -0.353 e. The number of allylic oxidation sites excluding steroid dienone is 1. The quantitative estimate of drug-likeness (QED) is 0.731. The van der Waals surface area contributed by atoms with Crippen LogP contribution >= 0.6 is 0 Å². The SMILES string of the molecule is C(=C/C1c2ccccc2CCc2ccccc21)/COC1CCCCO1. The molecule has 0 aromatic heterocycles. The van der Waals surface area contributed by atoms with Gasteiger partial charge in [0.1, 0.15) is 0 Å². The summed E-state index contributed by atoms with van der Waals surface area (Å²) in [6.07, 6.45) is 10.1. The molecule has 2 aliphatic rings. The fourth-order valence-electron chi connectivity index (χ4n) is 3.97. The molecule has 0 N–H and O–H groups in total. The van der Waals surface area contributed by atoms with Crippen LogP contribution in [0.4, 0.5) is 0 Å². The molecule has 1 atom stereocenters. The minimum atomic E-state index is -0.0212. The molecule has 0 radical (unpaired) electrons. The first-order valence-electron chi connectivity index (χ1n) is 9.47. The Morgan fingerprint density at radius 3 is 2.24 bits per heavy atom. The van der Waals surface area contributed by atoms with Gasteiger partial charge >= 0.3 is 0 Å². The number of rotatable bonds is 4. The highest BCUT2D eigenvalue weighted by molar-refractivity contribution is 5.47. The molecule has 0 bridgehead atoms. The topological polar surface area (TPSA) is 18.5 Å². The zero-order valence-corrected chi connectivity index (χ0v) is 14.7. The van der Waals surface area contributed by atoms with Crippen molar-refractivity contribution in [2.45, 2.75) is 44.3 Å². The van der Waals surface area contributed by atoms with Crippen LogP contribution in [-0.2, 0) is 22.3 Å². The van der Waals surface area contributed by atoms with Gasteiger partial charge in [0.05, 0.1) is 6.61 Å². The Balaban J connectivity index is 1.54. The van der Waals surface area contributed by atoms with Crippen LogP contribution in [0.5, 0.6) is 0 Å². The van der Waals surface area contributed by atoms with E-state index in [1.807, 2.05) is 0 Å². The lowest BCUT2D eigenvalue weighted by atomic mass is 9.88. The summed E-state index contributed by atoms with van der Waals surface area (Å²) in [7, 11) is 0. The van der Waals surface area contributed by atoms with Gasteiger partial charge in [0.15, 0.2) is 6.29 Å². The summed E-state index contributed by atoms with van der Waals surface area (Å²) in [5.41, 5.74) is 5.78. The maximum Gasteiger partial charge on any atom is 0.157 e. The summed E-state index contributed by atoms with van der Waals surface area (Å²) in [5, 5.41) is 0. The van der Waals surface area contributed by atoms with Crippen LogP contribution in [0.2, 0.25) is 0 Å². The fraction of sp³-hybridized carbons (Fsp3) is 0.391. The van der Waals surface area contributed by atoms with Gasteiger partial charge < -0.3 is 9.47 Å². The second-order valence-electron chi connectivity index (χ2n) is 6.93. The van der Waals surface area contributed by atoms with Gasteiger partial charge in [-0.05, 0) is 54.4 Å². The number of ether oxygens (including phenoxy) is 2. The molecule has 0 amide bonds. The van der Waals surface area contributed by atoms with Crippen molar-refractivity contribution in [2.24, 2.45) is 0 Å². The Kier molecular flexibility index (Phi) is 5.29. The first kappa shape index (κ1) is 16.6. The van der Waals surface area contributed by atoms with Crippen molar-refractivity contribution in [3.05, 3.63) is 82.9 Å². The molecule has 25 heavy (non-hydrogen) atoms. The van der Waals surface area contributed by atoms with Crippen molar-refractivity contribution in [2.75, 3.05) is 13.2 Å². The molecule has 1 aliphatic heterocycles. The molecule has 1 saturated heterocycles. The molecule has 2 nitrogen and oxygen atoms in total. The van der Waals surface area contributed by atoms with Crippen molar-refractivity contribution in [3.8, 4) is 0 Å². The van der Waals surface area contributed by atoms with Crippen molar-refractivity contribution >= 4 is 0 Å². The standard InChI is InChI=1S/C23H26O2/c1-3-10-20-18(8-1)14-15-19-9-2-4-11-21(19)22(20)12-7-17-25-23-13-5-6-16-24-23/h1-4,7-12,22-23H,5-6,13-17H2/b12-7-. The minimum absolute atomic E-state index is 0.0212. The maximum absolute atomic E-state index is 5.87. The van der Waals surface area contributed by atoms with Crippen LogP contribution in [0.25, 0.3) is 0 Å². The molecule has 0 spiro atoms. The number of hydrogen-bond acceptors (Lipinski definition) is 2. The van der Waals surface area contributed by atoms with E-state index in [0.717, 1.165) is 32.3 Å². The molecule has 1 heterocycles. The second kappa shape index (κ2) is 7.99. The Bertz CT molecular complexity index is 681. The van der Waals surface area contributed by atoms with Gasteiger partial charge in [-0.15, -0.1) is 0 Å². The lowest BCUT2D eigenvalue weighted by Gasteiger charge is -2.22. The largest absolute Gasteiger partial charge is 0.353 e. The number of benzene rings is 2. The molecule has 1 aliphatic carbocycles. The van der Waals surface area contributed by atoms with E-state index in [9.17, 15) is 0 Å². The normalized spacial score (nSPS) is 20.9. The van der Waals surface area contributed by atoms with Gasteiger partial charge in [0, 0.05) is 12.5 Å². The summed E-state index contributed by atoms with van der Waals surface area (Å²) in [6, 6.07) is 17.7. The third-order valence-corrected chi connectivity index (χ3v) is 5.29. The number of hydrogen-bond donors (Lipinski definition) is 0. The zero-order valence-electron chi connectivity index (χ0n) is 14.7. The third-order valence-electron chi connectivity index (χ3n) is 5.29. The molecule has 1 fully saturated rings. The Labute approximate surface area is 150 Å². The predicted octanol–water partition coefficient (Wildman–Crippen LogP) is 5.02. The van der Waals surface area contributed by atoms with Crippen LogP contribution in [0.15, 0.2) is 60.7 Å². The van der Waals surface area contributed by atoms with E-state index in [4.69, 9.17) is 9.47 Å².